The molecule has 0 fully saturated rings. The quantitative estimate of drug-likeness (QED) is 0.271. The summed E-state index contributed by atoms with van der Waals surface area (Å²) in [6.07, 6.45) is 1.23. The Morgan fingerprint density at radius 3 is 2.36 bits per heavy atom. The number of anilines is 1. The Balaban J connectivity index is 1.88. The number of ether oxygens (including phenoxy) is 1. The predicted octanol–water partition coefficient (Wildman–Crippen LogP) is 2.49. The number of sulfonamides is 1. The molecule has 3 aromatic carbocycles. The molecule has 0 radical (unpaired) electrons. The van der Waals surface area contributed by atoms with Crippen LogP contribution in [0, 0.1) is 0 Å². The van der Waals surface area contributed by atoms with E-state index in [9.17, 15) is 26.7 Å². The van der Waals surface area contributed by atoms with Gasteiger partial charge in [-0.1, -0.05) is 30.3 Å². The number of hydrogen-bond donors (Lipinski definition) is 4. The van der Waals surface area contributed by atoms with Crippen molar-refractivity contribution in [3.05, 3.63) is 66.2 Å². The second kappa shape index (κ2) is 11.0. The molecule has 0 saturated carbocycles. The zero-order chi connectivity index (χ0) is 26.5. The van der Waals surface area contributed by atoms with Crippen molar-refractivity contribution in [2.45, 2.75) is 16.2 Å². The molecule has 0 bridgehead atoms. The zero-order valence-electron chi connectivity index (χ0n) is 19.6. The molecule has 36 heavy (non-hydrogen) atoms. The van der Waals surface area contributed by atoms with Gasteiger partial charge >= 0.3 is 5.97 Å². The molecule has 0 saturated heterocycles. The third-order valence-electron chi connectivity index (χ3n) is 5.24. The van der Waals surface area contributed by atoms with Crippen LogP contribution in [0.25, 0.3) is 11.1 Å². The number of phenolic OH excluding ortho intramolecular Hbond substituents is 1. The van der Waals surface area contributed by atoms with E-state index in [1.54, 1.807) is 37.4 Å². The Labute approximate surface area is 209 Å². The van der Waals surface area contributed by atoms with Gasteiger partial charge in [-0.05, 0) is 47.9 Å². The zero-order valence-corrected chi connectivity index (χ0v) is 21.2. The average molecular weight is 535 g/mol. The summed E-state index contributed by atoms with van der Waals surface area (Å²) in [6, 6.07) is 15.3. The fourth-order valence-corrected chi connectivity index (χ4v) is 5.58. The summed E-state index contributed by atoms with van der Waals surface area (Å²) in [7, 11) is -5.96. The standard InChI is InChI=1S/C24H26N2O8S2/c1-25-18-9-10-20(27)23(14-18)36(32,33)26-12-11-16-7-8-17(13-21(16)34-15-24(28)29)19-5-3-4-6-22(19)35(2,30)31/h3-10,13-14,25-27H,11-12,15H2,1-2H3,(H,28,29). The van der Waals surface area contributed by atoms with E-state index in [0.717, 1.165) is 6.26 Å². The van der Waals surface area contributed by atoms with Crippen LogP contribution < -0.4 is 14.8 Å². The molecule has 0 atom stereocenters. The summed E-state index contributed by atoms with van der Waals surface area (Å²) in [4.78, 5) is 10.9. The third-order valence-corrected chi connectivity index (χ3v) is 7.89. The van der Waals surface area contributed by atoms with Crippen molar-refractivity contribution in [1.29, 1.82) is 0 Å². The summed E-state index contributed by atoms with van der Waals surface area (Å²) < 4.78 is 57.7. The van der Waals surface area contributed by atoms with Crippen LogP contribution in [0.2, 0.25) is 0 Å². The Kier molecular flexibility index (Phi) is 8.23. The van der Waals surface area contributed by atoms with Gasteiger partial charge in [-0.15, -0.1) is 0 Å². The molecule has 0 aliphatic carbocycles. The summed E-state index contributed by atoms with van der Waals surface area (Å²) in [6.45, 7) is -0.713. The maximum atomic E-state index is 12.7. The first-order valence-corrected chi connectivity index (χ1v) is 14.1. The van der Waals surface area contributed by atoms with Gasteiger partial charge < -0.3 is 20.3 Å². The second-order valence-corrected chi connectivity index (χ2v) is 11.6. The molecule has 3 rings (SSSR count). The van der Waals surface area contributed by atoms with Gasteiger partial charge in [0.25, 0.3) is 0 Å². The number of benzene rings is 3. The van der Waals surface area contributed by atoms with E-state index in [0.29, 0.717) is 22.4 Å². The molecular weight excluding hydrogens is 508 g/mol. The van der Waals surface area contributed by atoms with Crippen LogP contribution in [0.4, 0.5) is 5.69 Å². The molecule has 0 unspecified atom stereocenters. The number of sulfone groups is 1. The Morgan fingerprint density at radius 2 is 1.69 bits per heavy atom. The largest absolute Gasteiger partial charge is 0.507 e. The van der Waals surface area contributed by atoms with Crippen LogP contribution in [-0.2, 0) is 31.1 Å². The maximum absolute atomic E-state index is 12.7. The highest BCUT2D eigenvalue weighted by atomic mass is 32.2. The van der Waals surface area contributed by atoms with Gasteiger partial charge in [0.15, 0.2) is 16.4 Å². The van der Waals surface area contributed by atoms with Crippen LogP contribution in [0.15, 0.2) is 70.5 Å². The van der Waals surface area contributed by atoms with Crippen LogP contribution in [0.5, 0.6) is 11.5 Å². The third kappa shape index (κ3) is 6.53. The number of phenols is 1. The highest BCUT2D eigenvalue weighted by molar-refractivity contribution is 7.91. The van der Waals surface area contributed by atoms with Crippen molar-refractivity contribution >= 4 is 31.5 Å². The van der Waals surface area contributed by atoms with Gasteiger partial charge in [-0.2, -0.15) is 0 Å². The molecular formula is C24H26N2O8S2. The Bertz CT molecular complexity index is 1490. The van der Waals surface area contributed by atoms with E-state index >= 15 is 0 Å². The van der Waals surface area contributed by atoms with Gasteiger partial charge in [0.2, 0.25) is 10.0 Å². The number of hydrogen-bond acceptors (Lipinski definition) is 8. The lowest BCUT2D eigenvalue weighted by atomic mass is 10.0. The number of carboxylic acids is 1. The monoisotopic (exact) mass is 534 g/mol. The number of nitrogens with one attached hydrogen (secondary N) is 2. The second-order valence-electron chi connectivity index (χ2n) is 7.85. The van der Waals surface area contributed by atoms with Gasteiger partial charge in [-0.25, -0.2) is 26.4 Å². The molecule has 0 aromatic heterocycles. The molecule has 12 heteroatoms. The topological polar surface area (TPSA) is 159 Å². The summed E-state index contributed by atoms with van der Waals surface area (Å²) in [5.74, 6) is -1.43. The lowest BCUT2D eigenvalue weighted by molar-refractivity contribution is -0.139. The molecule has 0 amide bonds. The van der Waals surface area contributed by atoms with Crippen molar-refractivity contribution < 1.29 is 36.6 Å². The summed E-state index contributed by atoms with van der Waals surface area (Å²) >= 11 is 0. The number of aliphatic carboxylic acids is 1. The van der Waals surface area contributed by atoms with Crippen molar-refractivity contribution in [2.75, 3.05) is 31.8 Å². The van der Waals surface area contributed by atoms with E-state index in [1.807, 2.05) is 0 Å². The molecule has 0 aliphatic heterocycles. The number of rotatable bonds is 11. The lowest BCUT2D eigenvalue weighted by Crippen LogP contribution is -2.26. The normalized spacial score (nSPS) is 11.7. The highest BCUT2D eigenvalue weighted by Gasteiger charge is 2.20. The average Bonchev–Trinajstić information content (AvgIpc) is 2.82. The fraction of sp³-hybridized carbons (Fsp3) is 0.208. The first-order valence-electron chi connectivity index (χ1n) is 10.7. The molecule has 0 aliphatic rings. The number of carbonyl (C=O) groups is 1. The Hall–Kier alpha value is -3.61. The molecule has 0 spiro atoms. The molecule has 0 heterocycles. The SMILES string of the molecule is CNc1ccc(O)c(S(=O)(=O)NCCc2ccc(-c3ccccc3S(C)(=O)=O)cc2OCC(=O)O)c1. The minimum atomic E-state index is -4.05. The smallest absolute Gasteiger partial charge is 0.341 e. The number of carboxylic acid groups (broad SMARTS) is 1. The lowest BCUT2D eigenvalue weighted by Gasteiger charge is -2.15. The van der Waals surface area contributed by atoms with Crippen LogP contribution in [-0.4, -0.2) is 59.5 Å². The summed E-state index contributed by atoms with van der Waals surface area (Å²) in [5.41, 5.74) is 1.93. The van der Waals surface area contributed by atoms with Crippen LogP contribution in [0.3, 0.4) is 0 Å². The van der Waals surface area contributed by atoms with Gasteiger partial charge in [0, 0.05) is 31.1 Å². The van der Waals surface area contributed by atoms with Gasteiger partial charge in [0.1, 0.15) is 16.4 Å². The maximum Gasteiger partial charge on any atom is 0.341 e. The predicted molar refractivity (Wildman–Crippen MR) is 135 cm³/mol. The van der Waals surface area contributed by atoms with Gasteiger partial charge in [-0.3, -0.25) is 0 Å². The fourth-order valence-electron chi connectivity index (χ4n) is 3.51. The molecule has 3 aromatic rings. The summed E-state index contributed by atoms with van der Waals surface area (Å²) in [5, 5.41) is 21.9. The van der Waals surface area contributed by atoms with Gasteiger partial charge in [0.05, 0.1) is 4.90 Å². The van der Waals surface area contributed by atoms with E-state index in [-0.39, 0.29) is 28.5 Å². The van der Waals surface area contributed by atoms with Crippen molar-refractivity contribution in [2.24, 2.45) is 0 Å². The first kappa shape index (κ1) is 27.0. The number of aromatic hydroxyl groups is 1. The van der Waals surface area contributed by atoms with Crippen molar-refractivity contribution in [1.82, 2.24) is 4.72 Å². The van der Waals surface area contributed by atoms with E-state index < -0.39 is 38.2 Å². The van der Waals surface area contributed by atoms with Crippen LogP contribution >= 0.6 is 0 Å². The minimum Gasteiger partial charge on any atom is -0.507 e. The molecule has 10 nitrogen and oxygen atoms in total. The van der Waals surface area contributed by atoms with E-state index in [4.69, 9.17) is 9.84 Å². The van der Waals surface area contributed by atoms with Crippen LogP contribution in [0.1, 0.15) is 5.56 Å². The first-order chi connectivity index (χ1) is 16.9. The van der Waals surface area contributed by atoms with E-state index in [2.05, 4.69) is 10.0 Å². The van der Waals surface area contributed by atoms with Crippen molar-refractivity contribution in [3.63, 3.8) is 0 Å². The molecule has 192 valence electrons. The molecule has 4 N–H and O–H groups in total. The highest BCUT2D eigenvalue weighted by Crippen LogP contribution is 2.32. The minimum absolute atomic E-state index is 0.0751. The van der Waals surface area contributed by atoms with E-state index in [1.165, 1.54) is 30.3 Å². The van der Waals surface area contributed by atoms with Crippen molar-refractivity contribution in [3.8, 4) is 22.6 Å². The Morgan fingerprint density at radius 1 is 0.972 bits per heavy atom.